The van der Waals surface area contributed by atoms with Crippen molar-refractivity contribution in [1.29, 1.82) is 0 Å². The van der Waals surface area contributed by atoms with Crippen LogP contribution >= 0.6 is 11.8 Å². The molecule has 0 spiro atoms. The Kier molecular flexibility index (Phi) is 5.62. The Morgan fingerprint density at radius 1 is 0.861 bits per heavy atom. The van der Waals surface area contributed by atoms with Gasteiger partial charge in [0.25, 0.3) is 5.88 Å². The number of rotatable bonds is 6. The van der Waals surface area contributed by atoms with Gasteiger partial charge in [0.15, 0.2) is 10.9 Å². The molecule has 0 saturated heterocycles. The first-order valence-corrected chi connectivity index (χ1v) is 12.1. The number of imidazole rings is 1. The highest BCUT2D eigenvalue weighted by Gasteiger charge is 2.19. The van der Waals surface area contributed by atoms with Gasteiger partial charge in [0.05, 0.1) is 0 Å². The molecule has 9 nitrogen and oxygen atoms in total. The molecule has 0 atom stereocenters. The van der Waals surface area contributed by atoms with E-state index in [1.165, 1.54) is 11.8 Å². The molecule has 0 aliphatic heterocycles. The minimum atomic E-state index is -0.130. The predicted octanol–water partition coefficient (Wildman–Crippen LogP) is 4.89. The summed E-state index contributed by atoms with van der Waals surface area (Å²) in [6.07, 6.45) is 0. The van der Waals surface area contributed by atoms with E-state index in [-0.39, 0.29) is 5.88 Å². The third kappa shape index (κ3) is 4.07. The first-order valence-electron chi connectivity index (χ1n) is 11.2. The summed E-state index contributed by atoms with van der Waals surface area (Å²) in [5.41, 5.74) is 5.29. The van der Waals surface area contributed by atoms with Gasteiger partial charge in [-0.05, 0) is 46.2 Å². The number of aryl methyl sites for hydroxylation is 1. The normalized spacial score (nSPS) is 11.2. The molecule has 6 aromatic rings. The summed E-state index contributed by atoms with van der Waals surface area (Å²) in [5.74, 6) is 1.27. The molecule has 176 valence electrons. The quantitative estimate of drug-likeness (QED) is 0.337. The number of hydrogen-bond acceptors (Lipinski definition) is 8. The van der Waals surface area contributed by atoms with Crippen LogP contribution in [0.5, 0.6) is 5.88 Å². The summed E-state index contributed by atoms with van der Waals surface area (Å²) in [6.45, 7) is 2.46. The summed E-state index contributed by atoms with van der Waals surface area (Å²) >= 11 is 1.48. The van der Waals surface area contributed by atoms with Gasteiger partial charge < -0.3 is 9.67 Å². The Labute approximate surface area is 210 Å². The van der Waals surface area contributed by atoms with Gasteiger partial charge in [0.1, 0.15) is 16.9 Å². The van der Waals surface area contributed by atoms with E-state index >= 15 is 0 Å². The zero-order valence-corrected chi connectivity index (χ0v) is 20.0. The molecule has 0 fully saturated rings. The molecule has 0 amide bonds. The van der Waals surface area contributed by atoms with E-state index < -0.39 is 0 Å². The first kappa shape index (κ1) is 21.9. The Hall–Kier alpha value is -4.57. The van der Waals surface area contributed by atoms with Crippen LogP contribution in [0.25, 0.3) is 33.5 Å². The summed E-state index contributed by atoms with van der Waals surface area (Å²) in [5, 5.41) is 33.7. The zero-order valence-electron chi connectivity index (χ0n) is 19.2. The summed E-state index contributed by atoms with van der Waals surface area (Å²) in [7, 11) is 0. The van der Waals surface area contributed by atoms with Gasteiger partial charge in [0.2, 0.25) is 0 Å². The van der Waals surface area contributed by atoms with E-state index in [0.717, 1.165) is 33.0 Å². The predicted molar refractivity (Wildman–Crippen MR) is 136 cm³/mol. The largest absolute Gasteiger partial charge is 0.491 e. The van der Waals surface area contributed by atoms with Crippen LogP contribution in [0, 0.1) is 6.92 Å². The van der Waals surface area contributed by atoms with E-state index in [1.807, 2.05) is 66.1 Å². The second kappa shape index (κ2) is 9.23. The molecule has 3 heterocycles. The topological polar surface area (TPSA) is 118 Å². The highest BCUT2D eigenvalue weighted by atomic mass is 32.2. The number of tetrazole rings is 1. The van der Waals surface area contributed by atoms with Gasteiger partial charge in [-0.3, -0.25) is 0 Å². The van der Waals surface area contributed by atoms with E-state index in [1.54, 1.807) is 0 Å². The number of aromatic amines is 1. The van der Waals surface area contributed by atoms with E-state index in [2.05, 4.69) is 55.1 Å². The molecule has 0 bridgehead atoms. The summed E-state index contributed by atoms with van der Waals surface area (Å²) < 4.78 is 1.97. The van der Waals surface area contributed by atoms with Crippen LogP contribution < -0.4 is 0 Å². The number of H-pyrrole nitrogens is 1. The van der Waals surface area contributed by atoms with Gasteiger partial charge in [-0.15, -0.1) is 15.3 Å². The molecular weight excluding hydrogens is 472 g/mol. The van der Waals surface area contributed by atoms with Gasteiger partial charge in [0, 0.05) is 17.0 Å². The number of aromatic hydroxyl groups is 1. The Bertz CT molecular complexity index is 1650. The fourth-order valence-corrected chi connectivity index (χ4v) is 5.01. The smallest absolute Gasteiger partial charge is 0.257 e. The monoisotopic (exact) mass is 492 g/mol. The highest BCUT2D eigenvalue weighted by Crippen LogP contribution is 2.35. The minimum absolute atomic E-state index is 0.130. The molecule has 0 aliphatic rings. The van der Waals surface area contributed by atoms with Crippen molar-refractivity contribution < 1.29 is 5.11 Å². The van der Waals surface area contributed by atoms with Crippen molar-refractivity contribution >= 4 is 22.8 Å². The lowest BCUT2D eigenvalue weighted by Gasteiger charge is -2.10. The first-order chi connectivity index (χ1) is 17.7. The minimum Gasteiger partial charge on any atom is -0.491 e. The number of benzene rings is 3. The average molecular weight is 493 g/mol. The van der Waals surface area contributed by atoms with Crippen LogP contribution in [0.4, 0.5) is 0 Å². The summed E-state index contributed by atoms with van der Waals surface area (Å²) in [4.78, 5) is 5.76. The number of nitrogens with one attached hydrogen (secondary N) is 1. The third-order valence-electron chi connectivity index (χ3n) is 5.90. The van der Waals surface area contributed by atoms with Crippen molar-refractivity contribution in [2.45, 2.75) is 23.4 Å². The Balaban J connectivity index is 1.33. The van der Waals surface area contributed by atoms with Gasteiger partial charge in [-0.2, -0.15) is 0 Å². The molecule has 3 aromatic carbocycles. The molecule has 2 N–H and O–H groups in total. The molecule has 0 radical (unpaired) electrons. The van der Waals surface area contributed by atoms with E-state index in [4.69, 9.17) is 4.98 Å². The maximum Gasteiger partial charge on any atom is 0.257 e. The van der Waals surface area contributed by atoms with Crippen molar-refractivity contribution in [2.24, 2.45) is 0 Å². The number of hydrogen-bond donors (Lipinski definition) is 2. The van der Waals surface area contributed by atoms with Crippen molar-refractivity contribution in [3.8, 4) is 28.4 Å². The standard InChI is InChI=1S/C26H20N8OS/c1-16-27-22-23(25(35)30-31-26(22)36-19-7-3-2-4-8-19)34(16)15-17-11-13-18(14-12-17)20-9-5-6-10-21(20)24-28-32-33-29-24/h2-14H,15H2,1H3,(H,30,35)(H,28,29,32,33). The summed E-state index contributed by atoms with van der Waals surface area (Å²) in [6, 6.07) is 26.2. The zero-order chi connectivity index (χ0) is 24.5. The molecule has 36 heavy (non-hydrogen) atoms. The highest BCUT2D eigenvalue weighted by molar-refractivity contribution is 7.99. The maximum absolute atomic E-state index is 10.6. The van der Waals surface area contributed by atoms with Crippen molar-refractivity contribution in [2.75, 3.05) is 0 Å². The van der Waals surface area contributed by atoms with Crippen molar-refractivity contribution in [1.82, 2.24) is 40.4 Å². The van der Waals surface area contributed by atoms with E-state index in [9.17, 15) is 5.11 Å². The van der Waals surface area contributed by atoms with Crippen molar-refractivity contribution in [3.63, 3.8) is 0 Å². The number of aromatic nitrogens is 8. The second-order valence-corrected chi connectivity index (χ2v) is 9.24. The van der Waals surface area contributed by atoms with Gasteiger partial charge in [-0.25, -0.2) is 10.1 Å². The third-order valence-corrected chi connectivity index (χ3v) is 6.88. The van der Waals surface area contributed by atoms with Crippen LogP contribution in [0.2, 0.25) is 0 Å². The van der Waals surface area contributed by atoms with Gasteiger partial charge in [-0.1, -0.05) is 78.5 Å². The van der Waals surface area contributed by atoms with Crippen LogP contribution in [0.1, 0.15) is 11.4 Å². The second-order valence-electron chi connectivity index (χ2n) is 8.18. The van der Waals surface area contributed by atoms with Crippen LogP contribution in [0.3, 0.4) is 0 Å². The van der Waals surface area contributed by atoms with Gasteiger partial charge >= 0.3 is 0 Å². The van der Waals surface area contributed by atoms with Crippen LogP contribution in [0.15, 0.2) is 88.8 Å². The lowest BCUT2D eigenvalue weighted by Crippen LogP contribution is -2.03. The molecule has 10 heteroatoms. The SMILES string of the molecule is Cc1nc2c(Sc3ccccc3)nnc(O)c2n1Cc1ccc(-c2ccccc2-c2nnn[nH]2)cc1. The van der Waals surface area contributed by atoms with Crippen LogP contribution in [-0.2, 0) is 6.54 Å². The Morgan fingerprint density at radius 3 is 2.36 bits per heavy atom. The van der Waals surface area contributed by atoms with Crippen LogP contribution in [-0.4, -0.2) is 45.5 Å². The molecule has 6 rings (SSSR count). The maximum atomic E-state index is 10.6. The fourth-order valence-electron chi connectivity index (χ4n) is 4.18. The van der Waals surface area contributed by atoms with Crippen molar-refractivity contribution in [3.05, 3.63) is 90.3 Å². The molecule has 3 aromatic heterocycles. The molecular formula is C26H20N8OS. The average Bonchev–Trinajstić information content (AvgIpc) is 3.56. The number of nitrogens with zero attached hydrogens (tertiary/aromatic N) is 7. The molecule has 0 aliphatic carbocycles. The lowest BCUT2D eigenvalue weighted by molar-refractivity contribution is 0.446. The number of fused-ring (bicyclic) bond motifs is 1. The lowest BCUT2D eigenvalue weighted by atomic mass is 9.98. The fraction of sp³-hybridized carbons (Fsp3) is 0.0769. The Morgan fingerprint density at radius 2 is 1.61 bits per heavy atom. The van der Waals surface area contributed by atoms with E-state index in [0.29, 0.717) is 28.4 Å². The molecule has 0 unspecified atom stereocenters. The molecule has 0 saturated carbocycles.